The Morgan fingerprint density at radius 2 is 1.62 bits per heavy atom. The minimum absolute atomic E-state index is 0.178. The van der Waals surface area contributed by atoms with Gasteiger partial charge in [-0.25, -0.2) is 14.8 Å². The topological polar surface area (TPSA) is 81.2 Å². The van der Waals surface area contributed by atoms with Crippen LogP contribution in [-0.2, 0) is 9.53 Å². The van der Waals surface area contributed by atoms with Crippen LogP contribution >= 0.6 is 0 Å². The van der Waals surface area contributed by atoms with Gasteiger partial charge < -0.3 is 10.1 Å². The Hall–Kier alpha value is -3.28. The Balaban J connectivity index is 1.61. The Morgan fingerprint density at radius 1 is 0.931 bits per heavy atom. The second-order valence-electron chi connectivity index (χ2n) is 7.31. The number of aromatic nitrogens is 2. The summed E-state index contributed by atoms with van der Waals surface area (Å²) >= 11 is 0. The standard InChI is InChI=1S/C23H25N3O3/c1-13-6-7-18(10-14(13)2)17(5)26-22(27)12-29-23(28)19-8-9-20-21(11-19)25-16(4)15(3)24-20/h6-11,17H,12H2,1-5H3,(H,26,27)/t17-/m0/s1. The number of esters is 1. The maximum absolute atomic E-state index is 12.3. The highest BCUT2D eigenvalue weighted by Crippen LogP contribution is 2.17. The van der Waals surface area contributed by atoms with Crippen LogP contribution in [-0.4, -0.2) is 28.5 Å². The van der Waals surface area contributed by atoms with Gasteiger partial charge >= 0.3 is 5.97 Å². The molecular formula is C23H25N3O3. The monoisotopic (exact) mass is 391 g/mol. The van der Waals surface area contributed by atoms with Crippen molar-refractivity contribution < 1.29 is 14.3 Å². The molecule has 0 fully saturated rings. The van der Waals surface area contributed by atoms with Gasteiger partial charge in [0.05, 0.1) is 34.0 Å². The number of aryl methyl sites for hydroxylation is 4. The molecule has 0 radical (unpaired) electrons. The average molecular weight is 391 g/mol. The van der Waals surface area contributed by atoms with Crippen molar-refractivity contribution in [1.29, 1.82) is 0 Å². The van der Waals surface area contributed by atoms with Crippen molar-refractivity contribution in [3.05, 3.63) is 70.0 Å². The number of nitrogens with one attached hydrogen (secondary N) is 1. The molecule has 6 nitrogen and oxygen atoms in total. The van der Waals surface area contributed by atoms with Gasteiger partial charge in [-0.1, -0.05) is 18.2 Å². The Morgan fingerprint density at radius 3 is 2.31 bits per heavy atom. The first-order chi connectivity index (χ1) is 13.7. The zero-order chi connectivity index (χ0) is 21.1. The van der Waals surface area contributed by atoms with Crippen molar-refractivity contribution in [1.82, 2.24) is 15.3 Å². The van der Waals surface area contributed by atoms with Crippen molar-refractivity contribution >= 4 is 22.9 Å². The highest BCUT2D eigenvalue weighted by atomic mass is 16.5. The summed E-state index contributed by atoms with van der Waals surface area (Å²) in [6, 6.07) is 10.9. The summed E-state index contributed by atoms with van der Waals surface area (Å²) in [6.45, 7) is 9.39. The Bertz CT molecular complexity index is 1090. The summed E-state index contributed by atoms with van der Waals surface area (Å²) in [5.41, 5.74) is 6.70. The minimum atomic E-state index is -0.569. The second-order valence-corrected chi connectivity index (χ2v) is 7.31. The van der Waals surface area contributed by atoms with E-state index in [1.165, 1.54) is 11.1 Å². The van der Waals surface area contributed by atoms with Gasteiger partial charge in [0.15, 0.2) is 6.61 Å². The SMILES string of the molecule is Cc1ccc([C@H](C)NC(=O)COC(=O)c2ccc3nc(C)c(C)nc3c2)cc1C. The molecule has 29 heavy (non-hydrogen) atoms. The van der Waals surface area contributed by atoms with Gasteiger partial charge in [0.2, 0.25) is 0 Å². The van der Waals surface area contributed by atoms with Crippen LogP contribution in [0.4, 0.5) is 0 Å². The lowest BCUT2D eigenvalue weighted by atomic mass is 10.0. The van der Waals surface area contributed by atoms with Crippen LogP contribution in [0.5, 0.6) is 0 Å². The molecule has 0 spiro atoms. The highest BCUT2D eigenvalue weighted by Gasteiger charge is 2.14. The van der Waals surface area contributed by atoms with Crippen molar-refractivity contribution in [3.63, 3.8) is 0 Å². The molecule has 1 N–H and O–H groups in total. The number of hydrogen-bond acceptors (Lipinski definition) is 5. The predicted molar refractivity (Wildman–Crippen MR) is 112 cm³/mol. The summed E-state index contributed by atoms with van der Waals surface area (Å²) in [7, 11) is 0. The van der Waals surface area contributed by atoms with E-state index < -0.39 is 5.97 Å². The lowest BCUT2D eigenvalue weighted by molar-refractivity contribution is -0.124. The first-order valence-electron chi connectivity index (χ1n) is 9.53. The van der Waals surface area contributed by atoms with E-state index in [-0.39, 0.29) is 18.6 Å². The summed E-state index contributed by atoms with van der Waals surface area (Å²) < 4.78 is 5.17. The smallest absolute Gasteiger partial charge is 0.338 e. The molecule has 0 unspecified atom stereocenters. The molecule has 1 heterocycles. The molecule has 3 aromatic rings. The van der Waals surface area contributed by atoms with Crippen LogP contribution in [0.25, 0.3) is 11.0 Å². The maximum Gasteiger partial charge on any atom is 0.338 e. The van der Waals surface area contributed by atoms with Crippen molar-refractivity contribution in [2.75, 3.05) is 6.61 Å². The van der Waals surface area contributed by atoms with Crippen LogP contribution < -0.4 is 5.32 Å². The van der Waals surface area contributed by atoms with Crippen LogP contribution in [0.2, 0.25) is 0 Å². The van der Waals surface area contributed by atoms with Crippen LogP contribution in [0.1, 0.15) is 51.4 Å². The van der Waals surface area contributed by atoms with Gasteiger partial charge in [0.1, 0.15) is 0 Å². The van der Waals surface area contributed by atoms with Gasteiger partial charge in [-0.05, 0) is 69.5 Å². The summed E-state index contributed by atoms with van der Waals surface area (Å²) in [5, 5.41) is 2.85. The van der Waals surface area contributed by atoms with Gasteiger partial charge in [0.25, 0.3) is 5.91 Å². The predicted octanol–water partition coefficient (Wildman–Crippen LogP) is 3.90. The molecule has 0 aliphatic carbocycles. The normalized spacial score (nSPS) is 11.9. The van der Waals surface area contributed by atoms with Crippen molar-refractivity contribution in [3.8, 4) is 0 Å². The zero-order valence-electron chi connectivity index (χ0n) is 17.4. The fraction of sp³-hybridized carbons (Fsp3) is 0.304. The third kappa shape index (κ3) is 4.77. The van der Waals surface area contributed by atoms with E-state index >= 15 is 0 Å². The summed E-state index contributed by atoms with van der Waals surface area (Å²) in [4.78, 5) is 33.4. The van der Waals surface area contributed by atoms with E-state index in [1.54, 1.807) is 18.2 Å². The number of carbonyl (C=O) groups is 2. The van der Waals surface area contributed by atoms with Gasteiger partial charge in [-0.15, -0.1) is 0 Å². The molecule has 0 aliphatic heterocycles. The Labute approximate surface area is 170 Å². The van der Waals surface area contributed by atoms with Crippen LogP contribution in [0, 0.1) is 27.7 Å². The largest absolute Gasteiger partial charge is 0.452 e. The Kier molecular flexibility index (Phi) is 5.92. The fourth-order valence-electron chi connectivity index (χ4n) is 2.97. The molecule has 0 aliphatic rings. The number of ether oxygens (including phenoxy) is 1. The third-order valence-corrected chi connectivity index (χ3v) is 5.05. The van der Waals surface area contributed by atoms with E-state index in [9.17, 15) is 9.59 Å². The average Bonchev–Trinajstić information content (AvgIpc) is 2.68. The quantitative estimate of drug-likeness (QED) is 0.667. The minimum Gasteiger partial charge on any atom is -0.452 e. The van der Waals surface area contributed by atoms with E-state index in [4.69, 9.17) is 4.74 Å². The van der Waals surface area contributed by atoms with Gasteiger partial charge in [0, 0.05) is 0 Å². The fourth-order valence-corrected chi connectivity index (χ4v) is 2.97. The molecule has 1 atom stereocenters. The molecule has 1 amide bonds. The number of nitrogens with zero attached hydrogens (tertiary/aromatic N) is 2. The lowest BCUT2D eigenvalue weighted by Gasteiger charge is -2.16. The van der Waals surface area contributed by atoms with Gasteiger partial charge in [-0.2, -0.15) is 0 Å². The van der Waals surface area contributed by atoms with Crippen LogP contribution in [0.15, 0.2) is 36.4 Å². The molecule has 3 rings (SSSR count). The van der Waals surface area contributed by atoms with Crippen molar-refractivity contribution in [2.45, 2.75) is 40.7 Å². The molecule has 0 saturated heterocycles. The van der Waals surface area contributed by atoms with Gasteiger partial charge in [-0.3, -0.25) is 4.79 Å². The van der Waals surface area contributed by atoms with E-state index in [2.05, 4.69) is 15.3 Å². The van der Waals surface area contributed by atoms with E-state index in [0.717, 1.165) is 17.0 Å². The first kappa shape index (κ1) is 20.5. The molecule has 2 aromatic carbocycles. The highest BCUT2D eigenvalue weighted by molar-refractivity contribution is 5.94. The third-order valence-electron chi connectivity index (χ3n) is 5.05. The summed E-state index contributed by atoms with van der Waals surface area (Å²) in [6.07, 6.45) is 0. The zero-order valence-corrected chi connectivity index (χ0v) is 17.4. The van der Waals surface area contributed by atoms with E-state index in [0.29, 0.717) is 16.6 Å². The number of hydrogen-bond donors (Lipinski definition) is 1. The van der Waals surface area contributed by atoms with Crippen molar-refractivity contribution in [2.24, 2.45) is 0 Å². The molecule has 0 bridgehead atoms. The number of benzene rings is 2. The molecular weight excluding hydrogens is 366 g/mol. The molecule has 6 heteroatoms. The maximum atomic E-state index is 12.3. The van der Waals surface area contributed by atoms with Crippen LogP contribution in [0.3, 0.4) is 0 Å². The number of fused-ring (bicyclic) bond motifs is 1. The lowest BCUT2D eigenvalue weighted by Crippen LogP contribution is -2.31. The number of carbonyl (C=O) groups excluding carboxylic acids is 2. The molecule has 0 saturated carbocycles. The number of amides is 1. The number of rotatable bonds is 5. The molecule has 1 aromatic heterocycles. The first-order valence-corrected chi connectivity index (χ1v) is 9.53. The molecule has 150 valence electrons. The van der Waals surface area contributed by atoms with E-state index in [1.807, 2.05) is 52.8 Å². The second kappa shape index (κ2) is 8.39. The summed E-state index contributed by atoms with van der Waals surface area (Å²) in [5.74, 6) is -0.919.